The third kappa shape index (κ3) is 4.08. The van der Waals surface area contributed by atoms with Crippen LogP contribution in [0.1, 0.15) is 50.1 Å². The molecule has 2 aromatic rings. The summed E-state index contributed by atoms with van der Waals surface area (Å²) in [6, 6.07) is 8.25. The number of carbonyl (C=O) groups is 2. The summed E-state index contributed by atoms with van der Waals surface area (Å²) in [5.41, 5.74) is 7.23. The zero-order valence-electron chi connectivity index (χ0n) is 16.0. The lowest BCUT2D eigenvalue weighted by molar-refractivity contribution is -0.122. The molecule has 0 atom stereocenters. The van der Waals surface area contributed by atoms with Crippen LogP contribution >= 0.6 is 0 Å². The fraction of sp³-hybridized carbons (Fsp3) is 0.524. The average Bonchev–Trinajstić information content (AvgIpc) is 2.74. The smallest absolute Gasteiger partial charge is 0.317 e. The SMILES string of the molecule is NC(=O)C1CCC(NC(=O)N2CCC(c3ccc4cccnc4n3)CC2)CC1. The minimum atomic E-state index is -0.218. The maximum atomic E-state index is 12.6. The van der Waals surface area contributed by atoms with E-state index in [9.17, 15) is 9.59 Å². The highest BCUT2D eigenvalue weighted by Gasteiger charge is 2.29. The zero-order chi connectivity index (χ0) is 19.5. The fourth-order valence-electron chi connectivity index (χ4n) is 4.36. The summed E-state index contributed by atoms with van der Waals surface area (Å²) in [6.45, 7) is 1.46. The number of nitrogens with one attached hydrogen (secondary N) is 1. The van der Waals surface area contributed by atoms with Gasteiger partial charge in [0, 0.05) is 48.2 Å². The number of pyridine rings is 2. The maximum absolute atomic E-state index is 12.6. The lowest BCUT2D eigenvalue weighted by atomic mass is 9.85. The first-order valence-corrected chi connectivity index (χ1v) is 10.2. The molecule has 2 aliphatic rings. The predicted molar refractivity (Wildman–Crippen MR) is 107 cm³/mol. The summed E-state index contributed by atoms with van der Waals surface area (Å²) in [6.07, 6.45) is 6.77. The van der Waals surface area contributed by atoms with Crippen molar-refractivity contribution in [2.75, 3.05) is 13.1 Å². The Balaban J connectivity index is 1.28. The van der Waals surface area contributed by atoms with E-state index in [4.69, 9.17) is 10.7 Å². The van der Waals surface area contributed by atoms with Crippen molar-refractivity contribution in [3.63, 3.8) is 0 Å². The maximum Gasteiger partial charge on any atom is 0.317 e. The molecule has 148 valence electrons. The summed E-state index contributed by atoms with van der Waals surface area (Å²) in [5, 5.41) is 4.19. The van der Waals surface area contributed by atoms with Gasteiger partial charge in [0.15, 0.2) is 5.65 Å². The molecule has 28 heavy (non-hydrogen) atoms. The quantitative estimate of drug-likeness (QED) is 0.853. The number of piperidine rings is 1. The number of carbonyl (C=O) groups excluding carboxylic acids is 2. The summed E-state index contributed by atoms with van der Waals surface area (Å²) in [5.74, 6) is 0.110. The third-order valence-electron chi connectivity index (χ3n) is 6.14. The highest BCUT2D eigenvalue weighted by atomic mass is 16.2. The van der Waals surface area contributed by atoms with Gasteiger partial charge in [-0.05, 0) is 62.8 Å². The van der Waals surface area contributed by atoms with Gasteiger partial charge in [0.05, 0.1) is 0 Å². The number of rotatable bonds is 3. The minimum Gasteiger partial charge on any atom is -0.369 e. The molecule has 1 saturated carbocycles. The standard InChI is InChI=1S/C21H27N5O2/c22-19(27)15-3-6-17(7-4-15)24-21(28)26-12-9-14(10-13-26)18-8-5-16-2-1-11-23-20(16)25-18/h1-2,5,8,11,14-15,17H,3-4,6-7,9-10,12-13H2,(H2,22,27)(H,24,28). The Bertz CT molecular complexity index is 855. The second-order valence-corrected chi connectivity index (χ2v) is 7.95. The molecule has 3 amide bonds. The number of urea groups is 1. The molecular weight excluding hydrogens is 354 g/mol. The van der Waals surface area contributed by atoms with Gasteiger partial charge < -0.3 is 16.0 Å². The Labute approximate surface area is 164 Å². The van der Waals surface area contributed by atoms with Gasteiger partial charge in [0.2, 0.25) is 5.91 Å². The first kappa shape index (κ1) is 18.7. The Hall–Kier alpha value is -2.70. The topological polar surface area (TPSA) is 101 Å². The third-order valence-corrected chi connectivity index (χ3v) is 6.14. The number of hydrogen-bond donors (Lipinski definition) is 2. The Morgan fingerprint density at radius 1 is 1.04 bits per heavy atom. The van der Waals surface area contributed by atoms with E-state index >= 15 is 0 Å². The van der Waals surface area contributed by atoms with Crippen molar-refractivity contribution >= 4 is 23.0 Å². The molecule has 2 aromatic heterocycles. The van der Waals surface area contributed by atoms with Crippen LogP contribution in [0.25, 0.3) is 11.0 Å². The van der Waals surface area contributed by atoms with Crippen molar-refractivity contribution in [2.24, 2.45) is 11.7 Å². The molecule has 1 saturated heterocycles. The molecule has 1 aliphatic heterocycles. The van der Waals surface area contributed by atoms with Crippen molar-refractivity contribution in [3.05, 3.63) is 36.2 Å². The molecule has 1 aliphatic carbocycles. The largest absolute Gasteiger partial charge is 0.369 e. The van der Waals surface area contributed by atoms with Crippen molar-refractivity contribution in [1.29, 1.82) is 0 Å². The molecule has 3 heterocycles. The molecule has 0 spiro atoms. The van der Waals surface area contributed by atoms with Crippen molar-refractivity contribution in [3.8, 4) is 0 Å². The van der Waals surface area contributed by atoms with E-state index in [2.05, 4.69) is 22.4 Å². The summed E-state index contributed by atoms with van der Waals surface area (Å²) >= 11 is 0. The van der Waals surface area contributed by atoms with E-state index < -0.39 is 0 Å². The fourth-order valence-corrected chi connectivity index (χ4v) is 4.36. The molecule has 0 radical (unpaired) electrons. The highest BCUT2D eigenvalue weighted by molar-refractivity contribution is 5.77. The van der Waals surface area contributed by atoms with Crippen LogP contribution in [0.4, 0.5) is 4.79 Å². The number of nitrogens with zero attached hydrogens (tertiary/aromatic N) is 3. The first-order chi connectivity index (χ1) is 13.6. The van der Waals surface area contributed by atoms with E-state index in [1.165, 1.54) is 0 Å². The van der Waals surface area contributed by atoms with Gasteiger partial charge in [0.25, 0.3) is 0 Å². The molecule has 7 heteroatoms. The van der Waals surface area contributed by atoms with Crippen LogP contribution in [0.15, 0.2) is 30.5 Å². The summed E-state index contributed by atoms with van der Waals surface area (Å²) in [4.78, 5) is 34.8. The highest BCUT2D eigenvalue weighted by Crippen LogP contribution is 2.28. The molecule has 0 unspecified atom stereocenters. The van der Waals surface area contributed by atoms with Crippen LogP contribution in [0.5, 0.6) is 0 Å². The number of hydrogen-bond acceptors (Lipinski definition) is 4. The molecule has 4 rings (SSSR count). The lowest BCUT2D eigenvalue weighted by Crippen LogP contribution is -2.48. The van der Waals surface area contributed by atoms with E-state index in [0.29, 0.717) is 5.92 Å². The molecule has 7 nitrogen and oxygen atoms in total. The first-order valence-electron chi connectivity index (χ1n) is 10.2. The van der Waals surface area contributed by atoms with E-state index in [1.54, 1.807) is 6.20 Å². The number of fused-ring (bicyclic) bond motifs is 1. The van der Waals surface area contributed by atoms with Crippen LogP contribution in [0, 0.1) is 5.92 Å². The van der Waals surface area contributed by atoms with Crippen LogP contribution in [-0.2, 0) is 4.79 Å². The Morgan fingerprint density at radius 3 is 2.50 bits per heavy atom. The monoisotopic (exact) mass is 381 g/mol. The molecular formula is C21H27N5O2. The normalized spacial score (nSPS) is 23.5. The number of aromatic nitrogens is 2. The minimum absolute atomic E-state index is 0.00844. The predicted octanol–water partition coefficient (Wildman–Crippen LogP) is 2.56. The van der Waals surface area contributed by atoms with Crippen molar-refractivity contribution < 1.29 is 9.59 Å². The Kier molecular flexibility index (Phi) is 5.41. The van der Waals surface area contributed by atoms with Crippen molar-refractivity contribution in [1.82, 2.24) is 20.2 Å². The number of likely N-dealkylation sites (tertiary alicyclic amines) is 1. The Morgan fingerprint density at radius 2 is 1.79 bits per heavy atom. The molecule has 0 bridgehead atoms. The molecule has 2 fully saturated rings. The van der Waals surface area contributed by atoms with Gasteiger partial charge in [-0.1, -0.05) is 0 Å². The lowest BCUT2D eigenvalue weighted by Gasteiger charge is -2.34. The van der Waals surface area contributed by atoms with Crippen LogP contribution < -0.4 is 11.1 Å². The van der Waals surface area contributed by atoms with Crippen LogP contribution in [-0.4, -0.2) is 45.9 Å². The second-order valence-electron chi connectivity index (χ2n) is 7.95. The van der Waals surface area contributed by atoms with Gasteiger partial charge in [-0.2, -0.15) is 0 Å². The summed E-state index contributed by atoms with van der Waals surface area (Å²) < 4.78 is 0. The van der Waals surface area contributed by atoms with E-state index in [0.717, 1.165) is 68.3 Å². The van der Waals surface area contributed by atoms with Gasteiger partial charge in [-0.15, -0.1) is 0 Å². The van der Waals surface area contributed by atoms with Gasteiger partial charge in [-0.25, -0.2) is 14.8 Å². The van der Waals surface area contributed by atoms with Gasteiger partial charge in [-0.3, -0.25) is 4.79 Å². The summed E-state index contributed by atoms with van der Waals surface area (Å²) in [7, 11) is 0. The average molecular weight is 381 g/mol. The zero-order valence-corrected chi connectivity index (χ0v) is 16.0. The second kappa shape index (κ2) is 8.12. The number of amides is 3. The van der Waals surface area contributed by atoms with Crippen molar-refractivity contribution in [2.45, 2.75) is 50.5 Å². The van der Waals surface area contributed by atoms with Crippen LogP contribution in [0.3, 0.4) is 0 Å². The van der Waals surface area contributed by atoms with E-state index in [1.807, 2.05) is 17.0 Å². The van der Waals surface area contributed by atoms with Gasteiger partial charge in [0.1, 0.15) is 0 Å². The van der Waals surface area contributed by atoms with Crippen LogP contribution in [0.2, 0.25) is 0 Å². The molecule has 0 aromatic carbocycles. The molecule has 3 N–H and O–H groups in total. The van der Waals surface area contributed by atoms with E-state index in [-0.39, 0.29) is 23.9 Å². The number of primary amides is 1. The van der Waals surface area contributed by atoms with Gasteiger partial charge >= 0.3 is 6.03 Å². The number of nitrogens with two attached hydrogens (primary N) is 1.